The summed E-state index contributed by atoms with van der Waals surface area (Å²) in [5.41, 5.74) is 0. The van der Waals surface area contributed by atoms with E-state index in [4.69, 9.17) is 18.6 Å². The van der Waals surface area contributed by atoms with Gasteiger partial charge < -0.3 is 18.6 Å². The van der Waals surface area contributed by atoms with Crippen LogP contribution in [0.5, 0.6) is 0 Å². The molecule has 0 aliphatic heterocycles. The SMILES string of the molecule is CCCOCCOCCOCCO[Si](C)(C)C(C)(C)C. The lowest BCUT2D eigenvalue weighted by molar-refractivity contribution is 0.00865. The molecule has 0 rings (SSSR count). The average Bonchev–Trinajstić information content (AvgIpc) is 2.34. The van der Waals surface area contributed by atoms with E-state index in [0.29, 0.717) is 39.6 Å². The van der Waals surface area contributed by atoms with Gasteiger partial charge in [0.15, 0.2) is 8.32 Å². The molecule has 0 unspecified atom stereocenters. The molecule has 20 heavy (non-hydrogen) atoms. The van der Waals surface area contributed by atoms with E-state index < -0.39 is 8.32 Å². The monoisotopic (exact) mass is 306 g/mol. The van der Waals surface area contributed by atoms with Gasteiger partial charge in [0.2, 0.25) is 0 Å². The van der Waals surface area contributed by atoms with Crippen LogP contribution >= 0.6 is 0 Å². The van der Waals surface area contributed by atoms with Gasteiger partial charge in [-0.25, -0.2) is 0 Å². The third-order valence-electron chi connectivity index (χ3n) is 3.59. The largest absolute Gasteiger partial charge is 0.414 e. The van der Waals surface area contributed by atoms with Crippen LogP contribution in [0, 0.1) is 0 Å². The van der Waals surface area contributed by atoms with Gasteiger partial charge in [0.1, 0.15) is 0 Å². The molecule has 0 aliphatic carbocycles. The fraction of sp³-hybridized carbons (Fsp3) is 1.00. The zero-order valence-corrected chi connectivity index (χ0v) is 15.3. The Morgan fingerprint density at radius 3 is 1.50 bits per heavy atom. The standard InChI is InChI=1S/C15H34O4Si/c1-7-8-16-9-10-17-11-12-18-13-14-19-20(5,6)15(2,3)4/h7-14H2,1-6H3. The maximum absolute atomic E-state index is 6.02. The van der Waals surface area contributed by atoms with Crippen LogP contribution in [0.4, 0.5) is 0 Å². The Morgan fingerprint density at radius 1 is 0.700 bits per heavy atom. The maximum atomic E-state index is 6.02. The summed E-state index contributed by atoms with van der Waals surface area (Å²) in [5, 5.41) is 0.259. The van der Waals surface area contributed by atoms with Gasteiger partial charge in [-0.1, -0.05) is 27.7 Å². The summed E-state index contributed by atoms with van der Waals surface area (Å²) in [5.74, 6) is 0. The molecule has 0 fully saturated rings. The van der Waals surface area contributed by atoms with Crippen molar-refractivity contribution in [3.63, 3.8) is 0 Å². The topological polar surface area (TPSA) is 36.9 Å². The number of hydrogen-bond acceptors (Lipinski definition) is 4. The molecule has 0 amide bonds. The van der Waals surface area contributed by atoms with E-state index in [0.717, 1.165) is 13.0 Å². The molecule has 0 aliphatic rings. The van der Waals surface area contributed by atoms with Gasteiger partial charge >= 0.3 is 0 Å². The van der Waals surface area contributed by atoms with Crippen LogP contribution < -0.4 is 0 Å². The van der Waals surface area contributed by atoms with Crippen LogP contribution in [-0.4, -0.2) is 54.6 Å². The second-order valence-electron chi connectivity index (χ2n) is 6.45. The van der Waals surface area contributed by atoms with Gasteiger partial charge in [0.25, 0.3) is 0 Å². The number of ether oxygens (including phenoxy) is 3. The Bertz CT molecular complexity index is 226. The molecule has 4 nitrogen and oxygen atoms in total. The summed E-state index contributed by atoms with van der Waals surface area (Å²) in [6.45, 7) is 18.0. The Hall–Kier alpha value is 0.0569. The van der Waals surface area contributed by atoms with Crippen molar-refractivity contribution >= 4 is 8.32 Å². The molecular formula is C15H34O4Si. The zero-order chi connectivity index (χ0) is 15.5. The van der Waals surface area contributed by atoms with E-state index in [1.54, 1.807) is 0 Å². The van der Waals surface area contributed by atoms with Gasteiger partial charge in [-0.05, 0) is 24.6 Å². The van der Waals surface area contributed by atoms with Crippen molar-refractivity contribution in [1.29, 1.82) is 0 Å². The molecule has 0 heterocycles. The summed E-state index contributed by atoms with van der Waals surface area (Å²) < 4.78 is 22.2. The summed E-state index contributed by atoms with van der Waals surface area (Å²) >= 11 is 0. The molecule has 0 aromatic rings. The fourth-order valence-electron chi connectivity index (χ4n) is 1.26. The normalized spacial score (nSPS) is 12.9. The predicted molar refractivity (Wildman–Crippen MR) is 85.9 cm³/mol. The Labute approximate surface area is 126 Å². The first kappa shape index (κ1) is 20.1. The molecule has 0 aromatic heterocycles. The van der Waals surface area contributed by atoms with Gasteiger partial charge in [-0.15, -0.1) is 0 Å². The van der Waals surface area contributed by atoms with Gasteiger partial charge in [-0.2, -0.15) is 0 Å². The molecule has 0 atom stereocenters. The molecule has 0 spiro atoms. The van der Waals surface area contributed by atoms with Crippen LogP contribution in [0.2, 0.25) is 18.1 Å². The lowest BCUT2D eigenvalue weighted by atomic mass is 10.2. The van der Waals surface area contributed by atoms with Crippen molar-refractivity contribution in [2.75, 3.05) is 46.2 Å². The van der Waals surface area contributed by atoms with Crippen molar-refractivity contribution in [2.24, 2.45) is 0 Å². The highest BCUT2D eigenvalue weighted by atomic mass is 28.4. The summed E-state index contributed by atoms with van der Waals surface area (Å²) in [7, 11) is -1.63. The first-order valence-electron chi connectivity index (χ1n) is 7.68. The van der Waals surface area contributed by atoms with E-state index in [2.05, 4.69) is 40.8 Å². The maximum Gasteiger partial charge on any atom is 0.192 e. The van der Waals surface area contributed by atoms with Crippen molar-refractivity contribution in [1.82, 2.24) is 0 Å². The van der Waals surface area contributed by atoms with Crippen LogP contribution in [0.15, 0.2) is 0 Å². The van der Waals surface area contributed by atoms with Crippen LogP contribution in [0.25, 0.3) is 0 Å². The summed E-state index contributed by atoms with van der Waals surface area (Å²) in [6.07, 6.45) is 1.05. The van der Waals surface area contributed by atoms with Gasteiger partial charge in [-0.3, -0.25) is 0 Å². The van der Waals surface area contributed by atoms with Crippen LogP contribution in [-0.2, 0) is 18.6 Å². The molecule has 0 saturated carbocycles. The Balaban J connectivity index is 3.33. The minimum absolute atomic E-state index is 0.259. The lowest BCUT2D eigenvalue weighted by Gasteiger charge is -2.36. The fourth-order valence-corrected chi connectivity index (χ4v) is 2.29. The van der Waals surface area contributed by atoms with E-state index in [1.807, 2.05) is 0 Å². The van der Waals surface area contributed by atoms with Crippen molar-refractivity contribution < 1.29 is 18.6 Å². The minimum Gasteiger partial charge on any atom is -0.414 e. The molecule has 0 saturated heterocycles. The van der Waals surface area contributed by atoms with Crippen molar-refractivity contribution in [3.8, 4) is 0 Å². The highest BCUT2D eigenvalue weighted by Crippen LogP contribution is 2.36. The highest BCUT2D eigenvalue weighted by molar-refractivity contribution is 6.74. The summed E-state index contributed by atoms with van der Waals surface area (Å²) in [6, 6.07) is 0. The quantitative estimate of drug-likeness (QED) is 0.409. The lowest BCUT2D eigenvalue weighted by Crippen LogP contribution is -2.41. The molecular weight excluding hydrogens is 272 g/mol. The van der Waals surface area contributed by atoms with Crippen molar-refractivity contribution in [3.05, 3.63) is 0 Å². The molecule has 0 bridgehead atoms. The molecule has 0 N–H and O–H groups in total. The first-order valence-corrected chi connectivity index (χ1v) is 10.6. The van der Waals surface area contributed by atoms with E-state index in [-0.39, 0.29) is 5.04 Å². The van der Waals surface area contributed by atoms with Crippen molar-refractivity contribution in [2.45, 2.75) is 52.2 Å². The molecule has 5 heteroatoms. The second kappa shape index (κ2) is 10.7. The van der Waals surface area contributed by atoms with E-state index >= 15 is 0 Å². The first-order chi connectivity index (χ1) is 9.31. The molecule has 122 valence electrons. The smallest absolute Gasteiger partial charge is 0.192 e. The second-order valence-corrected chi connectivity index (χ2v) is 11.3. The Kier molecular flexibility index (Phi) is 10.8. The average molecular weight is 307 g/mol. The zero-order valence-electron chi connectivity index (χ0n) is 14.3. The predicted octanol–water partition coefficient (Wildman–Crippen LogP) is 3.47. The van der Waals surface area contributed by atoms with E-state index in [1.165, 1.54) is 0 Å². The van der Waals surface area contributed by atoms with Gasteiger partial charge in [0.05, 0.1) is 39.6 Å². The third kappa shape index (κ3) is 9.88. The number of hydrogen-bond donors (Lipinski definition) is 0. The molecule has 0 aromatic carbocycles. The van der Waals surface area contributed by atoms with E-state index in [9.17, 15) is 0 Å². The number of rotatable bonds is 12. The van der Waals surface area contributed by atoms with Crippen LogP contribution in [0.3, 0.4) is 0 Å². The minimum atomic E-state index is -1.63. The highest BCUT2D eigenvalue weighted by Gasteiger charge is 2.36. The van der Waals surface area contributed by atoms with Gasteiger partial charge in [0, 0.05) is 6.61 Å². The molecule has 0 radical (unpaired) electrons. The third-order valence-corrected chi connectivity index (χ3v) is 8.13. The summed E-state index contributed by atoms with van der Waals surface area (Å²) in [4.78, 5) is 0. The Morgan fingerprint density at radius 2 is 1.10 bits per heavy atom. The van der Waals surface area contributed by atoms with Crippen LogP contribution in [0.1, 0.15) is 34.1 Å².